The van der Waals surface area contributed by atoms with Crippen molar-refractivity contribution in [2.45, 2.75) is 6.92 Å². The lowest BCUT2D eigenvalue weighted by atomic mass is 10.1. The van der Waals surface area contributed by atoms with Crippen LogP contribution in [0.25, 0.3) is 11.7 Å². The predicted molar refractivity (Wildman–Crippen MR) is 95.5 cm³/mol. The van der Waals surface area contributed by atoms with Gasteiger partial charge in [-0.2, -0.15) is 10.2 Å². The van der Waals surface area contributed by atoms with Crippen LogP contribution in [0.15, 0.2) is 53.0 Å². The van der Waals surface area contributed by atoms with Gasteiger partial charge in [-0.05, 0) is 36.8 Å². The number of primary amides is 1. The fraction of sp³-hybridized carbons (Fsp3) is 0.0526. The van der Waals surface area contributed by atoms with E-state index in [0.717, 1.165) is 6.08 Å². The number of nitrogens with two attached hydrogens (primary N) is 1. The average Bonchev–Trinajstić information content (AvgIpc) is 2.64. The number of rotatable bonds is 4. The molecular weight excluding hydrogens is 351 g/mol. The Bertz CT molecular complexity index is 1190. The second kappa shape index (κ2) is 7.09. The van der Waals surface area contributed by atoms with Crippen LogP contribution >= 0.6 is 0 Å². The van der Waals surface area contributed by atoms with Gasteiger partial charge in [0, 0.05) is 6.20 Å². The van der Waals surface area contributed by atoms with Crippen molar-refractivity contribution in [2.75, 3.05) is 0 Å². The summed E-state index contributed by atoms with van der Waals surface area (Å²) in [6.07, 6.45) is 2.47. The van der Waals surface area contributed by atoms with Crippen LogP contribution in [0, 0.1) is 24.1 Å². The van der Waals surface area contributed by atoms with Crippen LogP contribution in [0.4, 0.5) is 4.39 Å². The second-order valence-corrected chi connectivity index (χ2v) is 5.59. The Hall–Kier alpha value is -3.99. The number of fused-ring (bicyclic) bond motifs is 1. The summed E-state index contributed by atoms with van der Waals surface area (Å²) in [7, 11) is 0. The Labute approximate surface area is 152 Å². The molecule has 0 aliphatic heterocycles. The van der Waals surface area contributed by atoms with Crippen LogP contribution < -0.4 is 16.0 Å². The van der Waals surface area contributed by atoms with Gasteiger partial charge in [0.2, 0.25) is 5.88 Å². The molecule has 0 fully saturated rings. The monoisotopic (exact) mass is 364 g/mol. The minimum atomic E-state index is -1.01. The van der Waals surface area contributed by atoms with Gasteiger partial charge in [-0.15, -0.1) is 0 Å². The van der Waals surface area contributed by atoms with E-state index in [1.807, 2.05) is 0 Å². The van der Waals surface area contributed by atoms with E-state index >= 15 is 0 Å². The topological polar surface area (TPSA) is 110 Å². The summed E-state index contributed by atoms with van der Waals surface area (Å²) in [5.41, 5.74) is 4.87. The number of nitrogens with zero attached hydrogens (tertiary/aromatic N) is 3. The maximum atomic E-state index is 14.0. The molecule has 0 aliphatic carbocycles. The number of para-hydroxylation sites is 1. The first-order chi connectivity index (χ1) is 12.9. The van der Waals surface area contributed by atoms with E-state index in [-0.39, 0.29) is 17.2 Å². The Balaban J connectivity index is 2.33. The molecule has 8 heteroatoms. The number of aromatic nitrogens is 2. The lowest BCUT2D eigenvalue weighted by Crippen LogP contribution is -2.20. The van der Waals surface area contributed by atoms with Gasteiger partial charge in [0.1, 0.15) is 22.9 Å². The summed E-state index contributed by atoms with van der Waals surface area (Å²) < 4.78 is 20.7. The molecule has 7 nitrogen and oxygen atoms in total. The van der Waals surface area contributed by atoms with Crippen molar-refractivity contribution in [3.05, 3.63) is 75.5 Å². The molecule has 0 atom stereocenters. The average molecular weight is 364 g/mol. The van der Waals surface area contributed by atoms with Gasteiger partial charge in [0.15, 0.2) is 11.6 Å². The zero-order valence-electron chi connectivity index (χ0n) is 14.1. The number of hydrogen-bond donors (Lipinski definition) is 1. The second-order valence-electron chi connectivity index (χ2n) is 5.59. The molecule has 0 saturated carbocycles. The summed E-state index contributed by atoms with van der Waals surface area (Å²) in [5, 5.41) is 9.08. The standard InChI is InChI=1S/C19H13FN4O3/c1-11-5-4-8-24-17(11)23-18(27-15-7-3-2-6-14(15)20)13(19(24)26)9-12(10-21)16(22)25/h2-9H,1H3,(H2,22,25). The molecule has 3 rings (SSSR count). The van der Waals surface area contributed by atoms with E-state index in [1.165, 1.54) is 28.8 Å². The fourth-order valence-corrected chi connectivity index (χ4v) is 2.43. The molecule has 134 valence electrons. The van der Waals surface area contributed by atoms with Crippen LogP contribution in [-0.2, 0) is 4.79 Å². The number of benzene rings is 1. The molecule has 0 unspecified atom stereocenters. The Morgan fingerprint density at radius 2 is 2.07 bits per heavy atom. The maximum Gasteiger partial charge on any atom is 0.269 e. The van der Waals surface area contributed by atoms with E-state index in [4.69, 9.17) is 15.7 Å². The van der Waals surface area contributed by atoms with Gasteiger partial charge < -0.3 is 10.5 Å². The zero-order chi connectivity index (χ0) is 19.6. The Morgan fingerprint density at radius 1 is 1.33 bits per heavy atom. The first kappa shape index (κ1) is 17.8. The van der Waals surface area contributed by atoms with Gasteiger partial charge >= 0.3 is 0 Å². The van der Waals surface area contributed by atoms with Gasteiger partial charge in [0.25, 0.3) is 11.5 Å². The number of carbonyl (C=O) groups excluding carboxylic acids is 1. The van der Waals surface area contributed by atoms with Gasteiger partial charge in [-0.25, -0.2) is 4.39 Å². The first-order valence-corrected chi connectivity index (χ1v) is 7.78. The molecule has 27 heavy (non-hydrogen) atoms. The van der Waals surface area contributed by atoms with Crippen molar-refractivity contribution in [2.24, 2.45) is 5.73 Å². The SMILES string of the molecule is Cc1cccn2c(=O)c(C=C(C#N)C(N)=O)c(Oc3ccccc3F)nc12. The maximum absolute atomic E-state index is 14.0. The molecule has 0 aliphatic rings. The molecule has 1 aromatic carbocycles. The summed E-state index contributed by atoms with van der Waals surface area (Å²) in [4.78, 5) is 28.6. The van der Waals surface area contributed by atoms with Crippen LogP contribution in [0.3, 0.4) is 0 Å². The lowest BCUT2D eigenvalue weighted by molar-refractivity contribution is -0.114. The van der Waals surface area contributed by atoms with Crippen molar-refractivity contribution in [3.8, 4) is 17.7 Å². The van der Waals surface area contributed by atoms with Crippen molar-refractivity contribution in [3.63, 3.8) is 0 Å². The summed E-state index contributed by atoms with van der Waals surface area (Å²) >= 11 is 0. The highest BCUT2D eigenvalue weighted by atomic mass is 19.1. The number of pyridine rings is 1. The molecule has 1 amide bonds. The number of ether oxygens (including phenoxy) is 1. The molecule has 3 aromatic rings. The van der Waals surface area contributed by atoms with Gasteiger partial charge in [-0.3, -0.25) is 14.0 Å². The van der Waals surface area contributed by atoms with E-state index in [1.54, 1.807) is 31.2 Å². The highest BCUT2D eigenvalue weighted by Crippen LogP contribution is 2.26. The van der Waals surface area contributed by atoms with Crippen LogP contribution in [0.1, 0.15) is 11.1 Å². The molecule has 2 aromatic heterocycles. The number of halogens is 1. The Morgan fingerprint density at radius 3 is 2.74 bits per heavy atom. The molecule has 0 bridgehead atoms. The number of aryl methyl sites for hydroxylation is 1. The van der Waals surface area contributed by atoms with Crippen LogP contribution in [0.5, 0.6) is 11.6 Å². The van der Waals surface area contributed by atoms with Gasteiger partial charge in [0.05, 0.1) is 0 Å². The molecule has 2 heterocycles. The fourth-order valence-electron chi connectivity index (χ4n) is 2.43. The van der Waals surface area contributed by atoms with Crippen molar-refractivity contribution in [1.82, 2.24) is 9.38 Å². The summed E-state index contributed by atoms with van der Waals surface area (Å²) in [5.74, 6) is -2.07. The van der Waals surface area contributed by atoms with E-state index in [9.17, 15) is 14.0 Å². The summed E-state index contributed by atoms with van der Waals surface area (Å²) in [6.45, 7) is 1.74. The third-order valence-corrected chi connectivity index (χ3v) is 3.77. The lowest BCUT2D eigenvalue weighted by Gasteiger charge is -2.11. The molecular formula is C19H13FN4O3. The van der Waals surface area contributed by atoms with Crippen LogP contribution in [-0.4, -0.2) is 15.3 Å². The smallest absolute Gasteiger partial charge is 0.269 e. The molecule has 0 radical (unpaired) electrons. The number of hydrogen-bond acceptors (Lipinski definition) is 5. The molecule has 2 N–H and O–H groups in total. The zero-order valence-corrected chi connectivity index (χ0v) is 14.1. The van der Waals surface area contributed by atoms with Gasteiger partial charge in [-0.1, -0.05) is 18.2 Å². The normalized spacial score (nSPS) is 11.2. The highest BCUT2D eigenvalue weighted by molar-refractivity contribution is 6.00. The van der Waals surface area contributed by atoms with E-state index < -0.39 is 22.9 Å². The van der Waals surface area contributed by atoms with Crippen LogP contribution in [0.2, 0.25) is 0 Å². The van der Waals surface area contributed by atoms with Crippen molar-refractivity contribution in [1.29, 1.82) is 5.26 Å². The minimum Gasteiger partial charge on any atom is -0.435 e. The third kappa shape index (κ3) is 3.39. The number of amides is 1. The predicted octanol–water partition coefficient (Wildman–Crippen LogP) is 2.33. The number of nitriles is 1. The Kier molecular flexibility index (Phi) is 4.68. The van der Waals surface area contributed by atoms with Crippen molar-refractivity contribution < 1.29 is 13.9 Å². The molecule has 0 spiro atoms. The van der Waals surface area contributed by atoms with E-state index in [2.05, 4.69) is 4.98 Å². The quantitative estimate of drug-likeness (QED) is 0.564. The van der Waals surface area contributed by atoms with Crippen molar-refractivity contribution >= 4 is 17.6 Å². The largest absolute Gasteiger partial charge is 0.435 e. The minimum absolute atomic E-state index is 0.158. The van der Waals surface area contributed by atoms with E-state index in [0.29, 0.717) is 11.2 Å². The summed E-state index contributed by atoms with van der Waals surface area (Å²) in [6, 6.07) is 10.6. The first-order valence-electron chi connectivity index (χ1n) is 7.78. The number of carbonyl (C=O) groups is 1. The molecule has 0 saturated heterocycles. The highest BCUT2D eigenvalue weighted by Gasteiger charge is 2.18. The third-order valence-electron chi connectivity index (χ3n) is 3.77.